The zero-order valence-electron chi connectivity index (χ0n) is 30.1. The van der Waals surface area contributed by atoms with Crippen LogP contribution in [-0.2, 0) is 0 Å². The average Bonchev–Trinajstić information content (AvgIpc) is 3.14. The number of fused-ring (bicyclic) bond motifs is 1. The van der Waals surface area contributed by atoms with Crippen LogP contribution in [0.4, 0.5) is 17.1 Å². The zero-order chi connectivity index (χ0) is 34.4. The van der Waals surface area contributed by atoms with Gasteiger partial charge in [-0.15, -0.1) is 0 Å². The minimum atomic E-state index is -0.379. The molecule has 0 aliphatic rings. The first-order valence-electron chi connectivity index (χ1n) is 17.4. The molecule has 0 heterocycles. The van der Waals surface area contributed by atoms with E-state index in [1.165, 1.54) is 4.90 Å². The number of benzene rings is 7. The Balaban J connectivity index is 1.54. The van der Waals surface area contributed by atoms with Crippen LogP contribution in [0.3, 0.4) is 0 Å². The summed E-state index contributed by atoms with van der Waals surface area (Å²) in [5.41, 5.74) is 2.96. The number of hydrogen-bond donors (Lipinski definition) is 0. The minimum Gasteiger partial charge on any atom is -0.311 e. The summed E-state index contributed by atoms with van der Waals surface area (Å²) in [7, 11) is 0. The van der Waals surface area contributed by atoms with Crippen molar-refractivity contribution < 1.29 is 11.0 Å². The molecule has 0 spiro atoms. The summed E-state index contributed by atoms with van der Waals surface area (Å²) < 4.78 is 73.9. The van der Waals surface area contributed by atoms with E-state index in [-0.39, 0.29) is 70.8 Å². The van der Waals surface area contributed by atoms with E-state index in [0.717, 1.165) is 21.9 Å². The van der Waals surface area contributed by atoms with Crippen molar-refractivity contribution in [3.05, 3.63) is 176 Å². The number of rotatable bonds is 6. The van der Waals surface area contributed by atoms with Crippen molar-refractivity contribution in [1.82, 2.24) is 0 Å². The molecule has 7 rings (SSSR count). The first-order valence-corrected chi connectivity index (χ1v) is 13.4. The molecule has 0 amide bonds. The average molecular weight is 532 g/mol. The SMILES string of the molecule is [2H]c1c([2H])c(N(c2ccccc2)c2c([2H])c([2H])c(-c3c(-c4ccccc4)ccc4ccccc34)c([2H])c2[2H])c([2H])c([2H])c1-c1ccccc1. The molecule has 0 aromatic heterocycles. The maximum Gasteiger partial charge on any atom is 0.0645 e. The molecule has 1 nitrogen and oxygen atoms in total. The Labute approximate surface area is 252 Å². The highest BCUT2D eigenvalue weighted by atomic mass is 15.1. The first-order chi connectivity index (χ1) is 23.7. The zero-order valence-corrected chi connectivity index (χ0v) is 22.1. The quantitative estimate of drug-likeness (QED) is 0.206. The Kier molecular flexibility index (Phi) is 4.65. The highest BCUT2D eigenvalue weighted by Crippen LogP contribution is 2.41. The molecule has 0 saturated carbocycles. The highest BCUT2D eigenvalue weighted by Gasteiger charge is 2.15. The maximum atomic E-state index is 9.42. The molecular formula is C40H29N. The van der Waals surface area contributed by atoms with E-state index in [1.54, 1.807) is 60.7 Å². The Bertz CT molecular complexity index is 2300. The summed E-state index contributed by atoms with van der Waals surface area (Å²) in [5, 5.41) is 1.65. The van der Waals surface area contributed by atoms with Gasteiger partial charge in [0.1, 0.15) is 0 Å². The molecular weight excluding hydrogens is 494 g/mol. The van der Waals surface area contributed by atoms with Crippen LogP contribution in [0.5, 0.6) is 0 Å². The van der Waals surface area contributed by atoms with Gasteiger partial charge in [-0.1, -0.05) is 139 Å². The Morgan fingerprint density at radius 1 is 0.366 bits per heavy atom. The normalized spacial score (nSPS) is 13.7. The maximum absolute atomic E-state index is 9.42. The van der Waals surface area contributed by atoms with E-state index in [2.05, 4.69) is 0 Å². The molecule has 0 fully saturated rings. The predicted molar refractivity (Wildman–Crippen MR) is 175 cm³/mol. The van der Waals surface area contributed by atoms with Crippen LogP contribution in [-0.4, -0.2) is 0 Å². The lowest BCUT2D eigenvalue weighted by molar-refractivity contribution is 1.28. The Hall–Kier alpha value is -5.40. The van der Waals surface area contributed by atoms with Crippen LogP contribution >= 0.6 is 0 Å². The third kappa shape index (κ3) is 4.90. The molecule has 194 valence electrons. The molecule has 41 heavy (non-hydrogen) atoms. The van der Waals surface area contributed by atoms with Crippen LogP contribution in [0.25, 0.3) is 44.2 Å². The van der Waals surface area contributed by atoms with Gasteiger partial charge in [-0.25, -0.2) is 0 Å². The number of hydrogen-bond acceptors (Lipinski definition) is 1. The fourth-order valence-corrected chi connectivity index (χ4v) is 5.06. The molecule has 0 aliphatic carbocycles. The van der Waals surface area contributed by atoms with E-state index >= 15 is 0 Å². The van der Waals surface area contributed by atoms with Crippen molar-refractivity contribution in [2.24, 2.45) is 0 Å². The van der Waals surface area contributed by atoms with Gasteiger partial charge in [0.25, 0.3) is 0 Å². The molecule has 0 radical (unpaired) electrons. The summed E-state index contributed by atoms with van der Waals surface area (Å²) in [5.74, 6) is 0. The second kappa shape index (κ2) is 11.0. The van der Waals surface area contributed by atoms with Crippen LogP contribution in [0.15, 0.2) is 176 Å². The fourth-order valence-electron chi connectivity index (χ4n) is 5.06. The summed E-state index contributed by atoms with van der Waals surface area (Å²) in [6.45, 7) is 0. The van der Waals surface area contributed by atoms with Gasteiger partial charge in [0, 0.05) is 17.1 Å². The second-order valence-electron chi connectivity index (χ2n) is 9.56. The van der Waals surface area contributed by atoms with Gasteiger partial charge in [-0.3, -0.25) is 0 Å². The lowest BCUT2D eigenvalue weighted by atomic mass is 9.89. The monoisotopic (exact) mass is 531 g/mol. The standard InChI is InChI=1S/C40H29N/c1-4-12-30(13-5-1)31-20-25-36(26-21-31)41(35-17-8-3-9-18-35)37-27-22-34(23-28-37)40-38-19-11-10-16-33(38)24-29-39(40)32-14-6-2-7-15-32/h1-29H/i20D,21D,22D,23D,25D,26D,27D,28D. The molecule has 7 aromatic rings. The van der Waals surface area contributed by atoms with E-state index in [0.29, 0.717) is 16.8 Å². The molecule has 0 saturated heterocycles. The lowest BCUT2D eigenvalue weighted by Crippen LogP contribution is -2.09. The molecule has 1 heteroatoms. The van der Waals surface area contributed by atoms with E-state index < -0.39 is 0 Å². The highest BCUT2D eigenvalue weighted by molar-refractivity contribution is 6.04. The summed E-state index contributed by atoms with van der Waals surface area (Å²) >= 11 is 0. The van der Waals surface area contributed by atoms with Gasteiger partial charge in [0.2, 0.25) is 0 Å². The third-order valence-electron chi connectivity index (χ3n) is 7.01. The number of nitrogens with zero attached hydrogens (tertiary/aromatic N) is 1. The Morgan fingerprint density at radius 3 is 1.51 bits per heavy atom. The van der Waals surface area contributed by atoms with Gasteiger partial charge in [-0.2, -0.15) is 0 Å². The van der Waals surface area contributed by atoms with Crippen molar-refractivity contribution in [3.63, 3.8) is 0 Å². The first kappa shape index (κ1) is 17.3. The predicted octanol–water partition coefficient (Wildman–Crippen LogP) is 11.3. The van der Waals surface area contributed by atoms with Crippen molar-refractivity contribution in [2.45, 2.75) is 0 Å². The van der Waals surface area contributed by atoms with Crippen molar-refractivity contribution in [3.8, 4) is 33.4 Å². The second-order valence-corrected chi connectivity index (χ2v) is 9.56. The van der Waals surface area contributed by atoms with Crippen molar-refractivity contribution in [1.29, 1.82) is 0 Å². The van der Waals surface area contributed by atoms with Crippen LogP contribution in [0, 0.1) is 0 Å². The van der Waals surface area contributed by atoms with Crippen LogP contribution in [0.2, 0.25) is 0 Å². The van der Waals surface area contributed by atoms with Gasteiger partial charge < -0.3 is 4.90 Å². The third-order valence-corrected chi connectivity index (χ3v) is 7.01. The summed E-state index contributed by atoms with van der Waals surface area (Å²) in [6.07, 6.45) is 0. The van der Waals surface area contributed by atoms with Crippen molar-refractivity contribution in [2.75, 3.05) is 4.90 Å². The smallest absolute Gasteiger partial charge is 0.0645 e. The van der Waals surface area contributed by atoms with Gasteiger partial charge >= 0.3 is 0 Å². The van der Waals surface area contributed by atoms with Gasteiger partial charge in [0.15, 0.2) is 0 Å². The molecule has 7 aromatic carbocycles. The summed E-state index contributed by atoms with van der Waals surface area (Å²) in [6, 6.07) is 35.9. The molecule has 0 unspecified atom stereocenters. The van der Waals surface area contributed by atoms with Crippen LogP contribution < -0.4 is 4.90 Å². The van der Waals surface area contributed by atoms with E-state index in [4.69, 9.17) is 5.48 Å². The van der Waals surface area contributed by atoms with E-state index in [9.17, 15) is 5.48 Å². The topological polar surface area (TPSA) is 3.24 Å². The minimum absolute atomic E-state index is 0.126. The molecule has 0 atom stereocenters. The molecule has 0 aliphatic heterocycles. The van der Waals surface area contributed by atoms with Crippen molar-refractivity contribution >= 4 is 27.8 Å². The van der Waals surface area contributed by atoms with Crippen LogP contribution in [0.1, 0.15) is 11.0 Å². The largest absolute Gasteiger partial charge is 0.311 e. The number of anilines is 3. The van der Waals surface area contributed by atoms with Gasteiger partial charge in [0.05, 0.1) is 11.0 Å². The van der Waals surface area contributed by atoms with Gasteiger partial charge in [-0.05, 0) is 80.5 Å². The number of para-hydroxylation sites is 1. The lowest BCUT2D eigenvalue weighted by Gasteiger charge is -2.26. The summed E-state index contributed by atoms with van der Waals surface area (Å²) in [4.78, 5) is 1.32. The molecule has 0 N–H and O–H groups in total. The van der Waals surface area contributed by atoms with E-state index in [1.807, 2.05) is 66.7 Å². The Morgan fingerprint density at radius 2 is 0.878 bits per heavy atom. The fraction of sp³-hybridized carbons (Fsp3) is 0. The molecule has 0 bridgehead atoms.